The molecular weight excluding hydrogens is 251 g/mol. The number of hydrogen-bond donors (Lipinski definition) is 1. The standard InChI is InChI=1S/C13H15FN2OS/c1-3-6-15-13-16-11(8-18-13)9-4-5-12(17-2)10(14)7-9/h4-5,7-8H,3,6H2,1-2H3,(H,15,16). The van der Waals surface area contributed by atoms with Gasteiger partial charge in [0.2, 0.25) is 0 Å². The summed E-state index contributed by atoms with van der Waals surface area (Å²) in [6, 6.07) is 4.86. The van der Waals surface area contributed by atoms with E-state index in [9.17, 15) is 4.39 Å². The van der Waals surface area contributed by atoms with Crippen LogP contribution >= 0.6 is 11.3 Å². The first-order chi connectivity index (χ1) is 8.74. The monoisotopic (exact) mass is 266 g/mol. The lowest BCUT2D eigenvalue weighted by Crippen LogP contribution is -1.98. The quantitative estimate of drug-likeness (QED) is 0.894. The lowest BCUT2D eigenvalue weighted by Gasteiger charge is -2.03. The van der Waals surface area contributed by atoms with Crippen LogP contribution in [0, 0.1) is 5.82 Å². The first-order valence-electron chi connectivity index (χ1n) is 5.78. The molecule has 0 unspecified atom stereocenters. The summed E-state index contributed by atoms with van der Waals surface area (Å²) in [5, 5.41) is 5.99. The van der Waals surface area contributed by atoms with E-state index >= 15 is 0 Å². The molecule has 1 heterocycles. The number of rotatable bonds is 5. The van der Waals surface area contributed by atoms with Crippen LogP contribution in [-0.4, -0.2) is 18.6 Å². The molecular formula is C13H15FN2OS. The number of halogens is 1. The van der Waals surface area contributed by atoms with E-state index in [2.05, 4.69) is 17.2 Å². The van der Waals surface area contributed by atoms with Crippen LogP contribution in [0.3, 0.4) is 0 Å². The number of anilines is 1. The molecule has 3 nitrogen and oxygen atoms in total. The minimum Gasteiger partial charge on any atom is -0.494 e. The molecule has 96 valence electrons. The highest BCUT2D eigenvalue weighted by Gasteiger charge is 2.08. The van der Waals surface area contributed by atoms with Gasteiger partial charge in [0, 0.05) is 17.5 Å². The van der Waals surface area contributed by atoms with Gasteiger partial charge in [-0.3, -0.25) is 0 Å². The van der Waals surface area contributed by atoms with Gasteiger partial charge in [-0.2, -0.15) is 0 Å². The minimum atomic E-state index is -0.369. The Morgan fingerprint density at radius 3 is 2.94 bits per heavy atom. The van der Waals surface area contributed by atoms with Gasteiger partial charge >= 0.3 is 0 Å². The van der Waals surface area contributed by atoms with Crippen LogP contribution in [0.25, 0.3) is 11.3 Å². The van der Waals surface area contributed by atoms with Crippen molar-refractivity contribution in [2.75, 3.05) is 19.0 Å². The number of hydrogen-bond acceptors (Lipinski definition) is 4. The summed E-state index contributed by atoms with van der Waals surface area (Å²) in [7, 11) is 1.45. The number of nitrogens with one attached hydrogen (secondary N) is 1. The Hall–Kier alpha value is -1.62. The third kappa shape index (κ3) is 2.79. The lowest BCUT2D eigenvalue weighted by molar-refractivity contribution is 0.386. The Morgan fingerprint density at radius 1 is 1.44 bits per heavy atom. The number of aromatic nitrogens is 1. The smallest absolute Gasteiger partial charge is 0.183 e. The Labute approximate surface area is 110 Å². The van der Waals surface area contributed by atoms with E-state index in [0.717, 1.165) is 29.4 Å². The van der Waals surface area contributed by atoms with Crippen molar-refractivity contribution in [2.45, 2.75) is 13.3 Å². The van der Waals surface area contributed by atoms with Crippen molar-refractivity contribution < 1.29 is 9.13 Å². The molecule has 2 aromatic rings. The number of methoxy groups -OCH3 is 1. The molecule has 1 aromatic heterocycles. The van der Waals surface area contributed by atoms with Crippen LogP contribution in [-0.2, 0) is 0 Å². The summed E-state index contributed by atoms with van der Waals surface area (Å²) in [5.41, 5.74) is 1.54. The summed E-state index contributed by atoms with van der Waals surface area (Å²) < 4.78 is 18.5. The molecule has 0 aliphatic rings. The summed E-state index contributed by atoms with van der Waals surface area (Å²) in [6.07, 6.45) is 1.05. The fourth-order valence-corrected chi connectivity index (χ4v) is 2.29. The normalized spacial score (nSPS) is 10.4. The van der Waals surface area contributed by atoms with Gasteiger partial charge in [0.15, 0.2) is 16.7 Å². The third-order valence-corrected chi connectivity index (χ3v) is 3.28. The van der Waals surface area contributed by atoms with Crippen LogP contribution in [0.5, 0.6) is 5.75 Å². The van der Waals surface area contributed by atoms with Crippen molar-refractivity contribution in [3.8, 4) is 17.0 Å². The van der Waals surface area contributed by atoms with Crippen molar-refractivity contribution in [2.24, 2.45) is 0 Å². The Balaban J connectivity index is 2.20. The maximum atomic E-state index is 13.6. The topological polar surface area (TPSA) is 34.2 Å². The van der Waals surface area contributed by atoms with E-state index < -0.39 is 0 Å². The number of ether oxygens (including phenoxy) is 1. The maximum Gasteiger partial charge on any atom is 0.183 e. The van der Waals surface area contributed by atoms with Gasteiger partial charge in [0.05, 0.1) is 12.8 Å². The zero-order valence-corrected chi connectivity index (χ0v) is 11.2. The van der Waals surface area contributed by atoms with Gasteiger partial charge in [-0.1, -0.05) is 6.92 Å². The molecule has 0 atom stereocenters. The largest absolute Gasteiger partial charge is 0.494 e. The highest BCUT2D eigenvalue weighted by Crippen LogP contribution is 2.28. The predicted molar refractivity (Wildman–Crippen MR) is 72.8 cm³/mol. The predicted octanol–water partition coefficient (Wildman–Crippen LogP) is 3.78. The fourth-order valence-electron chi connectivity index (χ4n) is 1.55. The van der Waals surface area contributed by atoms with Crippen LogP contribution in [0.2, 0.25) is 0 Å². The van der Waals surface area contributed by atoms with Gasteiger partial charge < -0.3 is 10.1 Å². The highest BCUT2D eigenvalue weighted by molar-refractivity contribution is 7.14. The van der Waals surface area contributed by atoms with Crippen molar-refractivity contribution in [3.63, 3.8) is 0 Å². The average Bonchev–Trinajstić information content (AvgIpc) is 2.85. The molecule has 0 bridgehead atoms. The SMILES string of the molecule is CCCNc1nc(-c2ccc(OC)c(F)c2)cs1. The van der Waals surface area contributed by atoms with Gasteiger partial charge in [-0.15, -0.1) is 11.3 Å². The molecule has 0 fully saturated rings. The summed E-state index contributed by atoms with van der Waals surface area (Å²) in [6.45, 7) is 2.99. The van der Waals surface area contributed by atoms with Crippen molar-refractivity contribution >= 4 is 16.5 Å². The summed E-state index contributed by atoms with van der Waals surface area (Å²) >= 11 is 1.52. The Bertz CT molecular complexity index is 527. The molecule has 0 radical (unpaired) electrons. The molecule has 0 saturated carbocycles. The number of thiazole rings is 1. The lowest BCUT2D eigenvalue weighted by atomic mass is 10.1. The number of benzene rings is 1. The van der Waals surface area contributed by atoms with E-state index in [-0.39, 0.29) is 11.6 Å². The summed E-state index contributed by atoms with van der Waals surface area (Å²) in [4.78, 5) is 4.41. The Kier molecular flexibility index (Phi) is 4.15. The molecule has 0 spiro atoms. The molecule has 1 aromatic carbocycles. The first-order valence-corrected chi connectivity index (χ1v) is 6.66. The van der Waals surface area contributed by atoms with Crippen LogP contribution in [0.15, 0.2) is 23.6 Å². The van der Waals surface area contributed by atoms with Gasteiger partial charge in [-0.05, 0) is 24.6 Å². The molecule has 5 heteroatoms. The van der Waals surface area contributed by atoms with Gasteiger partial charge in [0.25, 0.3) is 0 Å². The maximum absolute atomic E-state index is 13.6. The van der Waals surface area contributed by atoms with Crippen LogP contribution in [0.1, 0.15) is 13.3 Å². The second kappa shape index (κ2) is 5.82. The van der Waals surface area contributed by atoms with Crippen molar-refractivity contribution in [1.29, 1.82) is 0 Å². The zero-order valence-electron chi connectivity index (χ0n) is 10.4. The molecule has 0 aliphatic carbocycles. The van der Waals surface area contributed by atoms with Crippen molar-refractivity contribution in [3.05, 3.63) is 29.4 Å². The van der Waals surface area contributed by atoms with E-state index in [1.54, 1.807) is 12.1 Å². The van der Waals surface area contributed by atoms with E-state index in [1.165, 1.54) is 24.5 Å². The second-order valence-corrected chi connectivity index (χ2v) is 4.67. The molecule has 1 N–H and O–H groups in total. The molecule has 18 heavy (non-hydrogen) atoms. The van der Waals surface area contributed by atoms with Crippen molar-refractivity contribution in [1.82, 2.24) is 4.98 Å². The zero-order chi connectivity index (χ0) is 13.0. The van der Waals surface area contributed by atoms with Gasteiger partial charge in [0.1, 0.15) is 0 Å². The van der Waals surface area contributed by atoms with Crippen LogP contribution < -0.4 is 10.1 Å². The first kappa shape index (κ1) is 12.8. The summed E-state index contributed by atoms with van der Waals surface area (Å²) in [5.74, 6) is -0.121. The van der Waals surface area contributed by atoms with Crippen LogP contribution in [0.4, 0.5) is 9.52 Å². The fraction of sp³-hybridized carbons (Fsp3) is 0.308. The third-order valence-electron chi connectivity index (χ3n) is 2.48. The molecule has 2 rings (SSSR count). The average molecular weight is 266 g/mol. The second-order valence-electron chi connectivity index (χ2n) is 3.81. The Morgan fingerprint density at radius 2 is 2.28 bits per heavy atom. The van der Waals surface area contributed by atoms with E-state index in [0.29, 0.717) is 0 Å². The molecule has 0 saturated heterocycles. The van der Waals surface area contributed by atoms with Gasteiger partial charge in [-0.25, -0.2) is 9.37 Å². The highest BCUT2D eigenvalue weighted by atomic mass is 32.1. The minimum absolute atomic E-state index is 0.248. The number of nitrogens with zero attached hydrogens (tertiary/aromatic N) is 1. The molecule has 0 aliphatic heterocycles. The van der Waals surface area contributed by atoms with E-state index in [4.69, 9.17) is 4.74 Å². The molecule has 0 amide bonds. The van der Waals surface area contributed by atoms with E-state index in [1.807, 2.05) is 5.38 Å².